The molecule has 3 aromatic rings. The molecule has 3 rings (SSSR count). The second-order valence-electron chi connectivity index (χ2n) is 6.14. The molecule has 0 saturated carbocycles. The molecule has 26 heavy (non-hydrogen) atoms. The zero-order chi connectivity index (χ0) is 18.7. The Kier molecular flexibility index (Phi) is 5.74. The average molecular weight is 373 g/mol. The van der Waals surface area contributed by atoms with Crippen molar-refractivity contribution in [1.82, 2.24) is 15.1 Å². The zero-order valence-corrected chi connectivity index (χ0v) is 15.8. The highest BCUT2D eigenvalue weighted by Crippen LogP contribution is 2.23. The lowest BCUT2D eigenvalue weighted by atomic mass is 10.1. The van der Waals surface area contributed by atoms with Gasteiger partial charge in [-0.3, -0.25) is 0 Å². The van der Waals surface area contributed by atoms with Crippen molar-refractivity contribution < 1.29 is 8.78 Å². The first-order chi connectivity index (χ1) is 12.5. The Balaban J connectivity index is 1.73. The predicted molar refractivity (Wildman–Crippen MR) is 102 cm³/mol. The van der Waals surface area contributed by atoms with Gasteiger partial charge in [0.25, 0.3) is 0 Å². The van der Waals surface area contributed by atoms with Gasteiger partial charge in [-0.25, -0.2) is 13.5 Å². The van der Waals surface area contributed by atoms with Gasteiger partial charge in [0.1, 0.15) is 11.5 Å². The number of rotatable bonds is 6. The lowest BCUT2D eigenvalue weighted by Crippen LogP contribution is -2.18. The number of hydrogen-bond acceptors (Lipinski definition) is 3. The highest BCUT2D eigenvalue weighted by atomic mass is 32.2. The molecule has 1 heterocycles. The van der Waals surface area contributed by atoms with Crippen LogP contribution in [0.15, 0.2) is 53.6 Å². The number of halogens is 2. The molecule has 136 valence electrons. The third-order valence-corrected chi connectivity index (χ3v) is 5.17. The van der Waals surface area contributed by atoms with E-state index in [1.54, 1.807) is 18.0 Å². The summed E-state index contributed by atoms with van der Waals surface area (Å²) < 4.78 is 28.7. The molecular weight excluding hydrogens is 352 g/mol. The smallest absolute Gasteiger partial charge is 0.151 e. The molecule has 3 nitrogen and oxygen atoms in total. The molecule has 0 saturated heterocycles. The number of nitrogens with zero attached hydrogens (tertiary/aromatic N) is 2. The first-order valence-electron chi connectivity index (χ1n) is 8.36. The van der Waals surface area contributed by atoms with Gasteiger partial charge in [-0.2, -0.15) is 5.10 Å². The van der Waals surface area contributed by atoms with Crippen LogP contribution in [0.5, 0.6) is 0 Å². The van der Waals surface area contributed by atoms with E-state index < -0.39 is 11.6 Å². The van der Waals surface area contributed by atoms with Crippen molar-refractivity contribution in [3.05, 3.63) is 77.1 Å². The maximum atomic E-state index is 14.0. The van der Waals surface area contributed by atoms with Crippen LogP contribution in [0.25, 0.3) is 5.69 Å². The minimum atomic E-state index is -0.628. The number of benzene rings is 2. The van der Waals surface area contributed by atoms with Crippen LogP contribution in [0.3, 0.4) is 0 Å². The molecule has 2 aromatic carbocycles. The Morgan fingerprint density at radius 3 is 2.54 bits per heavy atom. The third kappa shape index (κ3) is 3.97. The van der Waals surface area contributed by atoms with E-state index in [0.717, 1.165) is 23.9 Å². The normalized spacial score (nSPS) is 12.3. The zero-order valence-electron chi connectivity index (χ0n) is 15.0. The molecule has 6 heteroatoms. The first kappa shape index (κ1) is 18.6. The lowest BCUT2D eigenvalue weighted by Gasteiger charge is -2.14. The summed E-state index contributed by atoms with van der Waals surface area (Å²) in [4.78, 5) is 1.24. The van der Waals surface area contributed by atoms with Gasteiger partial charge in [0.15, 0.2) is 5.82 Å². The first-order valence-corrected chi connectivity index (χ1v) is 9.58. The maximum absolute atomic E-state index is 14.0. The van der Waals surface area contributed by atoms with Crippen molar-refractivity contribution in [2.24, 2.45) is 0 Å². The minimum absolute atomic E-state index is 0.0486. The van der Waals surface area contributed by atoms with Gasteiger partial charge in [-0.1, -0.05) is 12.1 Å². The highest BCUT2D eigenvalue weighted by Gasteiger charge is 2.16. The number of aromatic nitrogens is 2. The molecule has 0 aliphatic carbocycles. The summed E-state index contributed by atoms with van der Waals surface area (Å²) >= 11 is 1.72. The van der Waals surface area contributed by atoms with Gasteiger partial charge in [0.2, 0.25) is 0 Å². The largest absolute Gasteiger partial charge is 0.306 e. The van der Waals surface area contributed by atoms with E-state index in [-0.39, 0.29) is 11.7 Å². The Morgan fingerprint density at radius 1 is 1.15 bits per heavy atom. The quantitative estimate of drug-likeness (QED) is 0.615. The standard InChI is InChI=1S/C20H21F2N3S/c1-13(23-11-15-4-7-17(26-3)8-5-15)18-12-24-25(14(18)2)20-9-6-16(21)10-19(20)22/h4-10,12-13,23H,11H2,1-3H3. The summed E-state index contributed by atoms with van der Waals surface area (Å²) in [6, 6.07) is 12.0. The second kappa shape index (κ2) is 8.01. The van der Waals surface area contributed by atoms with Crippen molar-refractivity contribution in [2.45, 2.75) is 31.3 Å². The van der Waals surface area contributed by atoms with Crippen molar-refractivity contribution >= 4 is 11.8 Å². The predicted octanol–water partition coefficient (Wildman–Crippen LogP) is 5.03. The van der Waals surface area contributed by atoms with Crippen LogP contribution in [0, 0.1) is 18.6 Å². The SMILES string of the molecule is CSc1ccc(CNC(C)c2cnn(-c3ccc(F)cc3F)c2C)cc1. The Hall–Kier alpha value is -2.18. The summed E-state index contributed by atoms with van der Waals surface area (Å²) in [6.07, 6.45) is 3.78. The molecule has 0 bridgehead atoms. The molecule has 0 amide bonds. The summed E-state index contributed by atoms with van der Waals surface area (Å²) in [5, 5.41) is 7.75. The van der Waals surface area contributed by atoms with Crippen molar-refractivity contribution in [2.75, 3.05) is 6.26 Å². The van der Waals surface area contributed by atoms with Crippen molar-refractivity contribution in [1.29, 1.82) is 0 Å². The summed E-state index contributed by atoms with van der Waals surface area (Å²) in [7, 11) is 0. The van der Waals surface area contributed by atoms with Gasteiger partial charge >= 0.3 is 0 Å². The Bertz CT molecular complexity index is 891. The highest BCUT2D eigenvalue weighted by molar-refractivity contribution is 7.98. The molecular formula is C20H21F2N3S. The maximum Gasteiger partial charge on any atom is 0.151 e. The molecule has 1 unspecified atom stereocenters. The fraction of sp³-hybridized carbons (Fsp3) is 0.250. The fourth-order valence-corrected chi connectivity index (χ4v) is 3.28. The molecule has 1 N–H and O–H groups in total. The van der Waals surface area contributed by atoms with Gasteiger partial charge in [0.05, 0.1) is 6.20 Å². The van der Waals surface area contributed by atoms with Crippen LogP contribution in [0.1, 0.15) is 29.8 Å². The minimum Gasteiger partial charge on any atom is -0.306 e. The number of hydrogen-bond donors (Lipinski definition) is 1. The van der Waals surface area contributed by atoms with Crippen LogP contribution >= 0.6 is 11.8 Å². The van der Waals surface area contributed by atoms with E-state index in [0.29, 0.717) is 0 Å². The van der Waals surface area contributed by atoms with Crippen LogP contribution in [-0.4, -0.2) is 16.0 Å². The van der Waals surface area contributed by atoms with Crippen LogP contribution in [0.2, 0.25) is 0 Å². The van der Waals surface area contributed by atoms with E-state index in [2.05, 4.69) is 40.9 Å². The van der Waals surface area contributed by atoms with E-state index >= 15 is 0 Å². The lowest BCUT2D eigenvalue weighted by molar-refractivity contribution is 0.566. The monoisotopic (exact) mass is 373 g/mol. The van der Waals surface area contributed by atoms with Crippen LogP contribution < -0.4 is 5.32 Å². The van der Waals surface area contributed by atoms with E-state index in [1.165, 1.54) is 27.3 Å². The topological polar surface area (TPSA) is 29.9 Å². The average Bonchev–Trinajstić information content (AvgIpc) is 3.01. The molecule has 0 radical (unpaired) electrons. The van der Waals surface area contributed by atoms with Gasteiger partial charge in [-0.05, 0) is 49.9 Å². The number of thioether (sulfide) groups is 1. The van der Waals surface area contributed by atoms with Gasteiger partial charge in [-0.15, -0.1) is 11.8 Å². The third-order valence-electron chi connectivity index (χ3n) is 4.42. The summed E-state index contributed by atoms with van der Waals surface area (Å²) in [5.41, 5.74) is 3.25. The van der Waals surface area contributed by atoms with Crippen LogP contribution in [0.4, 0.5) is 8.78 Å². The fourth-order valence-electron chi connectivity index (χ4n) is 2.87. The molecule has 0 spiro atoms. The van der Waals surface area contributed by atoms with Gasteiger partial charge in [0, 0.05) is 34.8 Å². The molecule has 1 atom stereocenters. The number of nitrogens with one attached hydrogen (secondary N) is 1. The van der Waals surface area contributed by atoms with Gasteiger partial charge < -0.3 is 5.32 Å². The summed E-state index contributed by atoms with van der Waals surface area (Å²) in [5.74, 6) is -1.23. The van der Waals surface area contributed by atoms with Crippen LogP contribution in [-0.2, 0) is 6.54 Å². The van der Waals surface area contributed by atoms with E-state index in [4.69, 9.17) is 0 Å². The molecule has 1 aromatic heterocycles. The van der Waals surface area contributed by atoms with E-state index in [1.807, 2.05) is 13.8 Å². The molecule has 0 aliphatic heterocycles. The second-order valence-corrected chi connectivity index (χ2v) is 7.02. The molecule has 0 aliphatic rings. The van der Waals surface area contributed by atoms with Crippen molar-refractivity contribution in [3.8, 4) is 5.69 Å². The Labute approximate surface area is 156 Å². The Morgan fingerprint density at radius 2 is 1.88 bits per heavy atom. The molecule has 0 fully saturated rings. The summed E-state index contributed by atoms with van der Waals surface area (Å²) in [6.45, 7) is 4.66. The van der Waals surface area contributed by atoms with E-state index in [9.17, 15) is 8.78 Å². The van der Waals surface area contributed by atoms with Crippen molar-refractivity contribution in [3.63, 3.8) is 0 Å².